The van der Waals surface area contributed by atoms with Gasteiger partial charge in [0, 0.05) is 32.4 Å². The molecule has 0 N–H and O–H groups in total. The Balaban J connectivity index is 1.71. The molecule has 0 saturated heterocycles. The van der Waals surface area contributed by atoms with Crippen molar-refractivity contribution < 1.29 is 4.79 Å². The summed E-state index contributed by atoms with van der Waals surface area (Å²) in [6.07, 6.45) is 6.95. The van der Waals surface area contributed by atoms with Crippen LogP contribution in [0.15, 0.2) is 48.8 Å². The molecule has 0 unspecified atom stereocenters. The van der Waals surface area contributed by atoms with Crippen LogP contribution in [0.2, 0.25) is 0 Å². The van der Waals surface area contributed by atoms with E-state index in [1.54, 1.807) is 12.4 Å². The van der Waals surface area contributed by atoms with E-state index in [1.165, 1.54) is 16.7 Å². The molecule has 116 valence electrons. The number of nitrogens with zero attached hydrogens (tertiary/aromatic N) is 2. The molecule has 0 aliphatic carbocycles. The lowest BCUT2D eigenvalue weighted by Crippen LogP contribution is -2.28. The fourth-order valence-corrected chi connectivity index (χ4v) is 2.48. The molecule has 0 atom stereocenters. The lowest BCUT2D eigenvalue weighted by molar-refractivity contribution is -0.129. The van der Waals surface area contributed by atoms with Gasteiger partial charge in [0.25, 0.3) is 0 Å². The summed E-state index contributed by atoms with van der Waals surface area (Å²) in [6.45, 7) is 2.88. The number of hydrogen-bond donors (Lipinski definition) is 0. The van der Waals surface area contributed by atoms with Crippen molar-refractivity contribution in [2.45, 2.75) is 32.6 Å². The molecule has 3 nitrogen and oxygen atoms in total. The van der Waals surface area contributed by atoms with Gasteiger partial charge in [0.15, 0.2) is 0 Å². The van der Waals surface area contributed by atoms with Crippen LogP contribution in [0.4, 0.5) is 0 Å². The molecule has 1 aromatic heterocycles. The molecule has 0 fully saturated rings. The fourth-order valence-electron chi connectivity index (χ4n) is 2.48. The van der Waals surface area contributed by atoms with E-state index in [4.69, 9.17) is 0 Å². The molecule has 1 heterocycles. The van der Waals surface area contributed by atoms with Gasteiger partial charge in [0.1, 0.15) is 0 Å². The third-order valence-electron chi connectivity index (χ3n) is 4.01. The number of rotatable bonds is 7. The summed E-state index contributed by atoms with van der Waals surface area (Å²) in [5, 5.41) is 0. The highest BCUT2D eigenvalue weighted by Gasteiger charge is 2.08. The van der Waals surface area contributed by atoms with Crippen molar-refractivity contribution in [1.29, 1.82) is 0 Å². The Kier molecular flexibility index (Phi) is 6.13. The van der Waals surface area contributed by atoms with Crippen LogP contribution in [-0.2, 0) is 17.6 Å². The molecule has 0 aliphatic heterocycles. The van der Waals surface area contributed by atoms with E-state index in [0.717, 1.165) is 25.8 Å². The van der Waals surface area contributed by atoms with Crippen LogP contribution >= 0.6 is 0 Å². The number of carbonyl (C=O) groups excluding carboxylic acids is 1. The van der Waals surface area contributed by atoms with Crippen molar-refractivity contribution in [2.75, 3.05) is 13.6 Å². The highest BCUT2D eigenvalue weighted by Crippen LogP contribution is 2.11. The number of likely N-dealkylation sites (N-methyl/N-ethyl adjacent to an activating group) is 1. The van der Waals surface area contributed by atoms with Gasteiger partial charge in [0.2, 0.25) is 5.91 Å². The van der Waals surface area contributed by atoms with Crippen LogP contribution < -0.4 is 0 Å². The van der Waals surface area contributed by atoms with Gasteiger partial charge < -0.3 is 4.90 Å². The molecular formula is C19H24N2O. The van der Waals surface area contributed by atoms with E-state index in [-0.39, 0.29) is 5.91 Å². The molecule has 0 spiro atoms. The van der Waals surface area contributed by atoms with E-state index in [0.29, 0.717) is 6.42 Å². The SMILES string of the molecule is Cc1ccccc1CCCC(=O)N(C)CCc1ccncc1. The first-order chi connectivity index (χ1) is 10.7. The first kappa shape index (κ1) is 16.2. The largest absolute Gasteiger partial charge is 0.345 e. The van der Waals surface area contributed by atoms with E-state index >= 15 is 0 Å². The monoisotopic (exact) mass is 296 g/mol. The van der Waals surface area contributed by atoms with Crippen LogP contribution in [0.5, 0.6) is 0 Å². The third kappa shape index (κ3) is 4.99. The molecule has 1 aromatic carbocycles. The molecule has 0 bridgehead atoms. The van der Waals surface area contributed by atoms with Crippen LogP contribution in [0, 0.1) is 6.92 Å². The van der Waals surface area contributed by atoms with Crippen LogP contribution in [0.3, 0.4) is 0 Å². The number of benzene rings is 1. The molecular weight excluding hydrogens is 272 g/mol. The average molecular weight is 296 g/mol. The van der Waals surface area contributed by atoms with E-state index in [1.807, 2.05) is 24.1 Å². The smallest absolute Gasteiger partial charge is 0.222 e. The Hall–Kier alpha value is -2.16. The van der Waals surface area contributed by atoms with E-state index in [9.17, 15) is 4.79 Å². The highest BCUT2D eigenvalue weighted by molar-refractivity contribution is 5.75. The highest BCUT2D eigenvalue weighted by atomic mass is 16.2. The molecule has 0 radical (unpaired) electrons. The Labute approximate surface area is 133 Å². The zero-order valence-corrected chi connectivity index (χ0v) is 13.5. The third-order valence-corrected chi connectivity index (χ3v) is 4.01. The summed E-state index contributed by atoms with van der Waals surface area (Å²) in [5.74, 6) is 0.225. The Bertz CT molecular complexity index is 595. The normalized spacial score (nSPS) is 10.5. The van der Waals surface area contributed by atoms with Gasteiger partial charge >= 0.3 is 0 Å². The maximum absolute atomic E-state index is 12.2. The molecule has 2 aromatic rings. The van der Waals surface area contributed by atoms with Crippen molar-refractivity contribution >= 4 is 5.91 Å². The Morgan fingerprint density at radius 2 is 1.82 bits per heavy atom. The number of aryl methyl sites for hydroxylation is 2. The van der Waals surface area contributed by atoms with Gasteiger partial charge in [-0.25, -0.2) is 0 Å². The fraction of sp³-hybridized carbons (Fsp3) is 0.368. The second-order valence-electron chi connectivity index (χ2n) is 5.70. The number of aromatic nitrogens is 1. The minimum atomic E-state index is 0.225. The van der Waals surface area contributed by atoms with Crippen molar-refractivity contribution in [2.24, 2.45) is 0 Å². The van der Waals surface area contributed by atoms with Gasteiger partial charge in [-0.1, -0.05) is 24.3 Å². The maximum Gasteiger partial charge on any atom is 0.222 e. The van der Waals surface area contributed by atoms with Gasteiger partial charge in [0.05, 0.1) is 0 Å². The van der Waals surface area contributed by atoms with Crippen molar-refractivity contribution in [3.63, 3.8) is 0 Å². The first-order valence-electron chi connectivity index (χ1n) is 7.84. The lowest BCUT2D eigenvalue weighted by atomic mass is 10.0. The predicted octanol–water partition coefficient (Wildman–Crippen LogP) is 3.41. The van der Waals surface area contributed by atoms with Crippen LogP contribution in [0.1, 0.15) is 29.5 Å². The second kappa shape index (κ2) is 8.32. The maximum atomic E-state index is 12.2. The lowest BCUT2D eigenvalue weighted by Gasteiger charge is -2.17. The number of carbonyl (C=O) groups is 1. The van der Waals surface area contributed by atoms with Crippen molar-refractivity contribution in [3.8, 4) is 0 Å². The quantitative estimate of drug-likeness (QED) is 0.784. The molecule has 22 heavy (non-hydrogen) atoms. The number of amides is 1. The van der Waals surface area contributed by atoms with Gasteiger partial charge in [-0.3, -0.25) is 9.78 Å². The minimum absolute atomic E-state index is 0.225. The van der Waals surface area contributed by atoms with Crippen molar-refractivity contribution in [1.82, 2.24) is 9.88 Å². The minimum Gasteiger partial charge on any atom is -0.345 e. The molecule has 0 saturated carbocycles. The number of hydrogen-bond acceptors (Lipinski definition) is 2. The first-order valence-corrected chi connectivity index (χ1v) is 7.84. The summed E-state index contributed by atoms with van der Waals surface area (Å²) in [5.41, 5.74) is 3.87. The summed E-state index contributed by atoms with van der Waals surface area (Å²) in [6, 6.07) is 12.4. The Morgan fingerprint density at radius 1 is 1.09 bits per heavy atom. The van der Waals surface area contributed by atoms with Gasteiger partial charge in [-0.2, -0.15) is 0 Å². The second-order valence-corrected chi connectivity index (χ2v) is 5.70. The van der Waals surface area contributed by atoms with Crippen LogP contribution in [0.25, 0.3) is 0 Å². The van der Waals surface area contributed by atoms with Crippen molar-refractivity contribution in [3.05, 3.63) is 65.5 Å². The Morgan fingerprint density at radius 3 is 2.55 bits per heavy atom. The predicted molar refractivity (Wildman–Crippen MR) is 89.7 cm³/mol. The molecule has 2 rings (SSSR count). The summed E-state index contributed by atoms with van der Waals surface area (Å²) in [7, 11) is 1.89. The zero-order valence-electron chi connectivity index (χ0n) is 13.5. The summed E-state index contributed by atoms with van der Waals surface area (Å²) < 4.78 is 0. The topological polar surface area (TPSA) is 33.2 Å². The average Bonchev–Trinajstić information content (AvgIpc) is 2.55. The van der Waals surface area contributed by atoms with Gasteiger partial charge in [-0.05, 0) is 55.0 Å². The molecule has 1 amide bonds. The summed E-state index contributed by atoms with van der Waals surface area (Å²) >= 11 is 0. The molecule has 3 heteroatoms. The summed E-state index contributed by atoms with van der Waals surface area (Å²) in [4.78, 5) is 18.0. The number of pyridine rings is 1. The van der Waals surface area contributed by atoms with E-state index in [2.05, 4.69) is 36.2 Å². The van der Waals surface area contributed by atoms with E-state index < -0.39 is 0 Å². The molecule has 0 aliphatic rings. The van der Waals surface area contributed by atoms with Crippen LogP contribution in [-0.4, -0.2) is 29.4 Å². The standard InChI is InChI=1S/C19H24N2O/c1-16-6-3-4-7-18(16)8-5-9-19(22)21(2)15-12-17-10-13-20-14-11-17/h3-4,6-7,10-11,13-14H,5,8-9,12,15H2,1-2H3. The zero-order chi connectivity index (χ0) is 15.8. The van der Waals surface area contributed by atoms with Gasteiger partial charge in [-0.15, -0.1) is 0 Å².